The van der Waals surface area contributed by atoms with Gasteiger partial charge in [0.25, 0.3) is 0 Å². The first-order chi connectivity index (χ1) is 5.25. The summed E-state index contributed by atoms with van der Waals surface area (Å²) >= 11 is -1.22. The van der Waals surface area contributed by atoms with Gasteiger partial charge in [0.05, 0.1) is 3.57 Å². The summed E-state index contributed by atoms with van der Waals surface area (Å²) in [6.45, 7) is 1.48. The maximum Gasteiger partial charge on any atom is 0.182 e. The third-order valence-electron chi connectivity index (χ3n) is 1.34. The van der Waals surface area contributed by atoms with Gasteiger partial charge < -0.3 is 0 Å². The molecule has 0 saturated heterocycles. The van der Waals surface area contributed by atoms with Gasteiger partial charge in [-0.25, -0.2) is 0 Å². The smallest absolute Gasteiger partial charge is 0.182 e. The quantitative estimate of drug-likeness (QED) is 0.605. The monoisotopic (exact) mass is 262 g/mol. The van der Waals surface area contributed by atoms with Crippen LogP contribution in [-0.4, -0.2) is 5.78 Å². The van der Waals surface area contributed by atoms with E-state index in [4.69, 9.17) is 0 Å². The number of rotatable bonds is 2. The van der Waals surface area contributed by atoms with Gasteiger partial charge in [0.1, 0.15) is 0 Å². The molecule has 0 N–H and O–H groups in total. The lowest BCUT2D eigenvalue weighted by Gasteiger charge is -1.95. The van der Waals surface area contributed by atoms with Gasteiger partial charge in [-0.15, -0.1) is 0 Å². The molecule has 0 unspecified atom stereocenters. The highest BCUT2D eigenvalue weighted by Crippen LogP contribution is 2.15. The van der Waals surface area contributed by atoms with Crippen molar-refractivity contribution in [3.63, 3.8) is 0 Å². The summed E-state index contributed by atoms with van der Waals surface area (Å²) in [5.74, 6) is -0.0175. The van der Waals surface area contributed by atoms with Crippen LogP contribution >= 0.6 is 21.2 Å². The molecule has 0 bridgehead atoms. The largest absolute Gasteiger partial charge is 0.294 e. The van der Waals surface area contributed by atoms with E-state index in [-0.39, 0.29) is 5.78 Å². The molecule has 0 fully saturated rings. The minimum atomic E-state index is -1.22. The number of ketones is 1. The van der Waals surface area contributed by atoms with E-state index in [9.17, 15) is 7.86 Å². The minimum absolute atomic E-state index is 0.0175. The number of hydrogen-bond acceptors (Lipinski definition) is 2. The lowest BCUT2D eigenvalue weighted by molar-refractivity contribution is 0.101. The summed E-state index contributed by atoms with van der Waals surface area (Å²) in [5.41, 5.74) is 0.593. The molecule has 0 saturated carbocycles. The molecule has 0 atom stereocenters. The molecule has 2 nitrogen and oxygen atoms in total. The zero-order valence-electron chi connectivity index (χ0n) is 6.00. The molecule has 0 heterocycles. The fourth-order valence-corrected chi connectivity index (χ4v) is 1.97. The van der Waals surface area contributed by atoms with Crippen LogP contribution in [-0.2, 0) is 3.07 Å². The number of halogens is 1. The van der Waals surface area contributed by atoms with Gasteiger partial charge in [0, 0.05) is 5.56 Å². The van der Waals surface area contributed by atoms with Crippen molar-refractivity contribution in [2.75, 3.05) is 0 Å². The van der Waals surface area contributed by atoms with Gasteiger partial charge in [-0.3, -0.25) is 7.86 Å². The number of carbonyl (C=O) groups excluding carboxylic acids is 1. The van der Waals surface area contributed by atoms with Gasteiger partial charge >= 0.3 is 0 Å². The second kappa shape index (κ2) is 3.71. The Morgan fingerprint density at radius 3 is 2.45 bits per heavy atom. The van der Waals surface area contributed by atoms with Crippen molar-refractivity contribution >= 4 is 27.0 Å². The maximum atomic E-state index is 10.9. The molecule has 3 heteroatoms. The SMILES string of the molecule is CC(=O)c1ccccc1I=O. The zero-order valence-corrected chi connectivity index (χ0v) is 8.16. The van der Waals surface area contributed by atoms with Crippen LogP contribution in [0.1, 0.15) is 17.3 Å². The molecule has 0 spiro atoms. The normalized spacial score (nSPS) is 9.55. The molecule has 0 aliphatic rings. The van der Waals surface area contributed by atoms with Gasteiger partial charge in [-0.05, 0) is 13.0 Å². The highest BCUT2D eigenvalue weighted by Gasteiger charge is 2.04. The first kappa shape index (κ1) is 8.52. The maximum absolute atomic E-state index is 10.9. The first-order valence-corrected chi connectivity index (χ1v) is 5.08. The molecule has 1 aromatic rings. The van der Waals surface area contributed by atoms with Gasteiger partial charge in [0.15, 0.2) is 27.0 Å². The lowest BCUT2D eigenvalue weighted by atomic mass is 10.2. The number of benzene rings is 1. The zero-order chi connectivity index (χ0) is 8.27. The molecule has 1 rings (SSSR count). The van der Waals surface area contributed by atoms with E-state index in [1.165, 1.54) is 6.92 Å². The fraction of sp³-hybridized carbons (Fsp3) is 0.125. The van der Waals surface area contributed by atoms with Crippen LogP contribution in [0.5, 0.6) is 0 Å². The van der Waals surface area contributed by atoms with Crippen molar-refractivity contribution < 1.29 is 7.86 Å². The van der Waals surface area contributed by atoms with E-state index in [0.29, 0.717) is 9.13 Å². The minimum Gasteiger partial charge on any atom is -0.294 e. The van der Waals surface area contributed by atoms with Crippen molar-refractivity contribution in [2.45, 2.75) is 6.92 Å². The molecule has 0 radical (unpaired) electrons. The van der Waals surface area contributed by atoms with Crippen LogP contribution in [0.25, 0.3) is 0 Å². The molecule has 11 heavy (non-hydrogen) atoms. The summed E-state index contributed by atoms with van der Waals surface area (Å²) in [6.07, 6.45) is 0. The number of carbonyl (C=O) groups is 1. The van der Waals surface area contributed by atoms with Crippen molar-refractivity contribution in [1.82, 2.24) is 0 Å². The average Bonchev–Trinajstić information content (AvgIpc) is 2.04. The summed E-state index contributed by atoms with van der Waals surface area (Å²) in [6, 6.07) is 7.01. The van der Waals surface area contributed by atoms with Crippen LogP contribution in [0, 0.1) is 3.57 Å². The fourth-order valence-electron chi connectivity index (χ4n) is 0.814. The Labute approximate surface area is 75.3 Å². The molecule has 58 valence electrons. The first-order valence-electron chi connectivity index (χ1n) is 3.12. The second-order valence-electron chi connectivity index (χ2n) is 2.11. The molecule has 1 aromatic carbocycles. The standard InChI is InChI=1S/C8H7IO2/c1-6(10)7-4-2-3-5-8(7)9-11/h2-5H,1H3. The Bertz CT molecular complexity index is 294. The lowest BCUT2D eigenvalue weighted by Crippen LogP contribution is -1.94. The Hall–Kier alpha value is -0.580. The summed E-state index contributed by atoms with van der Waals surface area (Å²) in [4.78, 5) is 10.9. The van der Waals surface area contributed by atoms with Crippen LogP contribution in [0.2, 0.25) is 0 Å². The molecular formula is C8H7IO2. The third-order valence-corrected chi connectivity index (χ3v) is 2.75. The second-order valence-corrected chi connectivity index (χ2v) is 3.72. The Morgan fingerprint density at radius 1 is 1.36 bits per heavy atom. The van der Waals surface area contributed by atoms with Crippen molar-refractivity contribution in [1.29, 1.82) is 0 Å². The van der Waals surface area contributed by atoms with Crippen molar-refractivity contribution in [3.8, 4) is 0 Å². The molecule has 0 aliphatic heterocycles. The summed E-state index contributed by atoms with van der Waals surface area (Å²) in [5, 5.41) is 0. The Balaban J connectivity index is 3.22. The number of Topliss-reactive ketones (excluding diaryl/α,β-unsaturated/α-hetero) is 1. The molecule has 0 amide bonds. The van der Waals surface area contributed by atoms with E-state index in [2.05, 4.69) is 0 Å². The van der Waals surface area contributed by atoms with E-state index in [1.807, 2.05) is 0 Å². The predicted octanol–water partition coefficient (Wildman–Crippen LogP) is 2.38. The molecule has 0 aromatic heterocycles. The van der Waals surface area contributed by atoms with Crippen LogP contribution < -0.4 is 0 Å². The van der Waals surface area contributed by atoms with Crippen LogP contribution in [0.3, 0.4) is 0 Å². The van der Waals surface area contributed by atoms with Crippen molar-refractivity contribution in [3.05, 3.63) is 33.4 Å². The van der Waals surface area contributed by atoms with Gasteiger partial charge in [-0.2, -0.15) is 0 Å². The Kier molecular flexibility index (Phi) is 2.87. The predicted molar refractivity (Wildman–Crippen MR) is 49.9 cm³/mol. The van der Waals surface area contributed by atoms with Crippen LogP contribution in [0.15, 0.2) is 24.3 Å². The topological polar surface area (TPSA) is 34.1 Å². The van der Waals surface area contributed by atoms with E-state index >= 15 is 0 Å². The average molecular weight is 262 g/mol. The van der Waals surface area contributed by atoms with Crippen molar-refractivity contribution in [2.24, 2.45) is 0 Å². The summed E-state index contributed by atoms with van der Waals surface area (Å²) in [7, 11) is 0. The van der Waals surface area contributed by atoms with Gasteiger partial charge in [-0.1, -0.05) is 18.2 Å². The van der Waals surface area contributed by atoms with E-state index in [1.54, 1.807) is 24.3 Å². The number of hydrogen-bond donors (Lipinski definition) is 0. The van der Waals surface area contributed by atoms with Crippen LogP contribution in [0.4, 0.5) is 0 Å². The van der Waals surface area contributed by atoms with E-state index in [0.717, 1.165) is 0 Å². The van der Waals surface area contributed by atoms with E-state index < -0.39 is 21.2 Å². The Morgan fingerprint density at radius 2 is 2.00 bits per heavy atom. The third kappa shape index (κ3) is 1.92. The highest BCUT2D eigenvalue weighted by atomic mass is 127. The molecule has 0 aliphatic carbocycles. The van der Waals surface area contributed by atoms with Gasteiger partial charge in [0.2, 0.25) is 0 Å². The summed E-state index contributed by atoms with van der Waals surface area (Å²) < 4.78 is 11.3. The highest BCUT2D eigenvalue weighted by molar-refractivity contribution is 14.1. The molecular weight excluding hydrogens is 255 g/mol.